The fourth-order valence-corrected chi connectivity index (χ4v) is 4.52. The van der Waals surface area contributed by atoms with Gasteiger partial charge in [-0.3, -0.25) is 4.79 Å². The predicted octanol–water partition coefficient (Wildman–Crippen LogP) is 4.86. The number of aldehydes is 1. The Labute approximate surface area is 203 Å². The Morgan fingerprint density at radius 2 is 2.00 bits per heavy atom. The van der Waals surface area contributed by atoms with E-state index in [1.165, 1.54) is 0 Å². The van der Waals surface area contributed by atoms with Crippen molar-refractivity contribution in [2.75, 3.05) is 20.3 Å². The number of rotatable bonds is 7. The van der Waals surface area contributed by atoms with E-state index in [0.29, 0.717) is 36.6 Å². The summed E-state index contributed by atoms with van der Waals surface area (Å²) < 4.78 is 11.5. The lowest BCUT2D eigenvalue weighted by Gasteiger charge is -2.23. The van der Waals surface area contributed by atoms with Crippen LogP contribution < -0.4 is 10.1 Å². The Kier molecular flexibility index (Phi) is 6.57. The molecule has 0 spiro atoms. The largest absolute Gasteiger partial charge is 0.489 e. The predicted molar refractivity (Wildman–Crippen MR) is 134 cm³/mol. The number of hydrogen-bond acceptors (Lipinski definition) is 6. The molecule has 2 N–H and O–H groups in total. The third kappa shape index (κ3) is 4.67. The lowest BCUT2D eigenvalue weighted by atomic mass is 10.00. The van der Waals surface area contributed by atoms with Crippen LogP contribution in [0.3, 0.4) is 0 Å². The molecule has 0 amide bonds. The summed E-state index contributed by atoms with van der Waals surface area (Å²) in [4.78, 5) is 19.5. The molecule has 0 aliphatic carbocycles. The maximum absolute atomic E-state index is 11.6. The molecule has 3 heterocycles. The lowest BCUT2D eigenvalue weighted by molar-refractivity contribution is 0.0254. The standard InChI is InChI=1S/C28H26N4O3/c1-30-16-20-3-2-19(13-22(20)17-33)26-14-25-24(6-9-31-28(25)32-26)18-4-5-27(21(12-18)15-29)35-23-7-10-34-11-8-23/h2-6,9,12-14,17,23,30H,7-8,10-11,16H2,1H3,(H,31,32). The van der Waals surface area contributed by atoms with Crippen LogP contribution in [0.5, 0.6) is 5.75 Å². The number of H-pyrrole nitrogens is 1. The third-order valence-corrected chi connectivity index (χ3v) is 6.36. The van der Waals surface area contributed by atoms with Crippen LogP contribution >= 0.6 is 0 Å². The first kappa shape index (κ1) is 22.8. The number of hydrogen-bond donors (Lipinski definition) is 2. The Balaban J connectivity index is 1.50. The van der Waals surface area contributed by atoms with Gasteiger partial charge in [0.05, 0.1) is 18.8 Å². The highest BCUT2D eigenvalue weighted by Crippen LogP contribution is 2.34. The van der Waals surface area contributed by atoms with Crippen LogP contribution in [0.25, 0.3) is 33.4 Å². The van der Waals surface area contributed by atoms with Gasteiger partial charge < -0.3 is 19.8 Å². The fourth-order valence-electron chi connectivity index (χ4n) is 4.52. The van der Waals surface area contributed by atoms with Crippen molar-refractivity contribution in [1.29, 1.82) is 5.26 Å². The molecule has 35 heavy (non-hydrogen) atoms. The molecular weight excluding hydrogens is 440 g/mol. The number of carbonyl (C=O) groups is 1. The minimum atomic E-state index is 0.0670. The summed E-state index contributed by atoms with van der Waals surface area (Å²) in [5.41, 5.74) is 6.52. The summed E-state index contributed by atoms with van der Waals surface area (Å²) in [6.07, 6.45) is 4.35. The first-order valence-electron chi connectivity index (χ1n) is 11.7. The van der Waals surface area contributed by atoms with Crippen molar-refractivity contribution in [2.24, 2.45) is 0 Å². The number of fused-ring (bicyclic) bond motifs is 1. The van der Waals surface area contributed by atoms with Gasteiger partial charge in [0.1, 0.15) is 29.9 Å². The van der Waals surface area contributed by atoms with E-state index in [1.807, 2.05) is 55.6 Å². The number of nitriles is 1. The van der Waals surface area contributed by atoms with Crippen LogP contribution in [-0.4, -0.2) is 42.6 Å². The molecule has 1 fully saturated rings. The quantitative estimate of drug-likeness (QED) is 0.378. The van der Waals surface area contributed by atoms with Gasteiger partial charge in [-0.1, -0.05) is 18.2 Å². The van der Waals surface area contributed by atoms with Crippen molar-refractivity contribution in [3.8, 4) is 34.2 Å². The molecule has 176 valence electrons. The van der Waals surface area contributed by atoms with Crippen LogP contribution in [0.1, 0.15) is 34.3 Å². The number of pyridine rings is 1. The van der Waals surface area contributed by atoms with Gasteiger partial charge in [0.15, 0.2) is 0 Å². The van der Waals surface area contributed by atoms with Gasteiger partial charge in [0.25, 0.3) is 0 Å². The second-order valence-corrected chi connectivity index (χ2v) is 8.62. The number of aromatic nitrogens is 2. The van der Waals surface area contributed by atoms with E-state index >= 15 is 0 Å². The molecule has 2 aromatic carbocycles. The minimum Gasteiger partial charge on any atom is -0.489 e. The van der Waals surface area contributed by atoms with Crippen molar-refractivity contribution in [3.63, 3.8) is 0 Å². The zero-order valence-electron chi connectivity index (χ0n) is 19.5. The molecule has 0 atom stereocenters. The first-order valence-corrected chi connectivity index (χ1v) is 11.7. The molecule has 1 aliphatic heterocycles. The van der Waals surface area contributed by atoms with E-state index in [-0.39, 0.29) is 6.10 Å². The minimum absolute atomic E-state index is 0.0670. The topological polar surface area (TPSA) is 100 Å². The van der Waals surface area contributed by atoms with E-state index in [1.54, 1.807) is 6.20 Å². The van der Waals surface area contributed by atoms with Crippen molar-refractivity contribution in [3.05, 3.63) is 71.4 Å². The summed E-state index contributed by atoms with van der Waals surface area (Å²) in [5.74, 6) is 0.603. The third-order valence-electron chi connectivity index (χ3n) is 6.36. The number of ether oxygens (including phenoxy) is 2. The molecule has 0 saturated carbocycles. The molecule has 7 nitrogen and oxygen atoms in total. The summed E-state index contributed by atoms with van der Waals surface area (Å²) in [6.45, 7) is 1.99. The van der Waals surface area contributed by atoms with Crippen LogP contribution in [0.2, 0.25) is 0 Å². The van der Waals surface area contributed by atoms with Crippen molar-refractivity contribution in [1.82, 2.24) is 15.3 Å². The van der Waals surface area contributed by atoms with E-state index < -0.39 is 0 Å². The van der Waals surface area contributed by atoms with Crippen LogP contribution in [0.4, 0.5) is 0 Å². The van der Waals surface area contributed by atoms with Crippen molar-refractivity contribution < 1.29 is 14.3 Å². The highest BCUT2D eigenvalue weighted by atomic mass is 16.5. The highest BCUT2D eigenvalue weighted by Gasteiger charge is 2.18. The molecule has 0 radical (unpaired) electrons. The summed E-state index contributed by atoms with van der Waals surface area (Å²) >= 11 is 0. The Hall–Kier alpha value is -3.99. The maximum atomic E-state index is 11.6. The molecule has 0 unspecified atom stereocenters. The van der Waals surface area contributed by atoms with Crippen LogP contribution in [-0.2, 0) is 11.3 Å². The van der Waals surface area contributed by atoms with Crippen molar-refractivity contribution >= 4 is 17.3 Å². The summed E-state index contributed by atoms with van der Waals surface area (Å²) in [7, 11) is 1.86. The molecule has 1 aliphatic rings. The zero-order chi connectivity index (χ0) is 24.2. The van der Waals surface area contributed by atoms with Crippen LogP contribution in [0.15, 0.2) is 54.7 Å². The van der Waals surface area contributed by atoms with E-state index in [0.717, 1.165) is 58.1 Å². The van der Waals surface area contributed by atoms with E-state index in [4.69, 9.17) is 9.47 Å². The van der Waals surface area contributed by atoms with Gasteiger partial charge in [-0.15, -0.1) is 0 Å². The molecular formula is C28H26N4O3. The highest BCUT2D eigenvalue weighted by molar-refractivity contribution is 5.96. The Morgan fingerprint density at radius 3 is 2.77 bits per heavy atom. The first-order chi connectivity index (χ1) is 17.2. The number of benzene rings is 2. The normalized spacial score (nSPS) is 14.1. The molecule has 2 aromatic heterocycles. The Morgan fingerprint density at radius 1 is 1.17 bits per heavy atom. The molecule has 7 heteroatoms. The Bertz CT molecular complexity index is 1410. The summed E-state index contributed by atoms with van der Waals surface area (Å²) in [6, 6.07) is 17.8. The van der Waals surface area contributed by atoms with Gasteiger partial charge in [-0.2, -0.15) is 5.26 Å². The van der Waals surface area contributed by atoms with Gasteiger partial charge in [0, 0.05) is 42.2 Å². The maximum Gasteiger partial charge on any atom is 0.150 e. The molecule has 5 rings (SSSR count). The number of nitrogens with zero attached hydrogens (tertiary/aromatic N) is 2. The monoisotopic (exact) mass is 466 g/mol. The van der Waals surface area contributed by atoms with Gasteiger partial charge in [0.2, 0.25) is 0 Å². The number of carbonyl (C=O) groups excluding carboxylic acids is 1. The van der Waals surface area contributed by atoms with Crippen molar-refractivity contribution in [2.45, 2.75) is 25.5 Å². The second-order valence-electron chi connectivity index (χ2n) is 8.62. The molecule has 1 saturated heterocycles. The van der Waals surface area contributed by atoms with Crippen LogP contribution in [0, 0.1) is 11.3 Å². The molecule has 4 aromatic rings. The number of nitrogens with one attached hydrogen (secondary N) is 2. The van der Waals surface area contributed by atoms with Gasteiger partial charge >= 0.3 is 0 Å². The summed E-state index contributed by atoms with van der Waals surface area (Å²) in [5, 5.41) is 13.8. The fraction of sp³-hybridized carbons (Fsp3) is 0.250. The number of aromatic amines is 1. The SMILES string of the molecule is CNCc1ccc(-c2cc3c(-c4ccc(OC5CCOCC5)c(C#N)c4)ccnc3[nH]2)cc1C=O. The van der Waals surface area contributed by atoms with Gasteiger partial charge in [-0.05, 0) is 59.6 Å². The average Bonchev–Trinajstić information content (AvgIpc) is 3.34. The molecule has 0 bridgehead atoms. The van der Waals surface area contributed by atoms with Gasteiger partial charge in [-0.25, -0.2) is 4.98 Å². The van der Waals surface area contributed by atoms with E-state index in [2.05, 4.69) is 21.4 Å². The second kappa shape index (κ2) is 10.1. The average molecular weight is 467 g/mol. The zero-order valence-corrected chi connectivity index (χ0v) is 19.5. The van der Waals surface area contributed by atoms with E-state index in [9.17, 15) is 10.1 Å². The smallest absolute Gasteiger partial charge is 0.150 e. The lowest BCUT2D eigenvalue weighted by Crippen LogP contribution is -2.26.